The number of anilines is 2. The molecule has 0 radical (unpaired) electrons. The number of carbonyl (C=O) groups excluding carboxylic acids is 1. The fourth-order valence-electron chi connectivity index (χ4n) is 4.06. The molecule has 0 atom stereocenters. The predicted octanol–water partition coefficient (Wildman–Crippen LogP) is 3.96. The van der Waals surface area contributed by atoms with Crippen LogP contribution in [0.2, 0.25) is 0 Å². The van der Waals surface area contributed by atoms with Crippen LogP contribution in [-0.4, -0.2) is 53.8 Å². The minimum atomic E-state index is -0.144. The fraction of sp³-hybridized carbons (Fsp3) is 0.333. The van der Waals surface area contributed by atoms with E-state index in [0.29, 0.717) is 11.6 Å². The zero-order valence-electron chi connectivity index (χ0n) is 17.9. The Kier molecular flexibility index (Phi) is 5.86. The number of nitrogens with one attached hydrogen (secondary N) is 1. The SMILES string of the molecule is Cc1c(C(=O)Nc2ccc(N3CCC(N(C)C)CC3)cc2)cnn1-c1ccccc1. The zero-order valence-corrected chi connectivity index (χ0v) is 17.9. The smallest absolute Gasteiger partial charge is 0.259 e. The van der Waals surface area contributed by atoms with Crippen LogP contribution in [0.25, 0.3) is 5.69 Å². The lowest BCUT2D eigenvalue weighted by molar-refractivity contribution is 0.102. The molecule has 1 aliphatic rings. The molecule has 2 heterocycles. The van der Waals surface area contributed by atoms with Crippen LogP contribution in [0.3, 0.4) is 0 Å². The lowest BCUT2D eigenvalue weighted by Crippen LogP contribution is -2.41. The zero-order chi connectivity index (χ0) is 21.1. The Labute approximate surface area is 178 Å². The standard InChI is InChI=1S/C24H29N5O/c1-18-23(17-25-29(18)22-7-5-4-6-8-22)24(30)26-19-9-11-21(12-10-19)28-15-13-20(14-16-28)27(2)3/h4-12,17,20H,13-16H2,1-3H3,(H,26,30). The first-order valence-corrected chi connectivity index (χ1v) is 10.5. The molecule has 3 aromatic rings. The van der Waals surface area contributed by atoms with E-state index < -0.39 is 0 Å². The average Bonchev–Trinajstić information content (AvgIpc) is 3.16. The van der Waals surface area contributed by atoms with Gasteiger partial charge in [-0.3, -0.25) is 4.79 Å². The van der Waals surface area contributed by atoms with Crippen molar-refractivity contribution < 1.29 is 4.79 Å². The van der Waals surface area contributed by atoms with Gasteiger partial charge in [0.1, 0.15) is 0 Å². The first-order valence-electron chi connectivity index (χ1n) is 10.5. The molecule has 1 aliphatic heterocycles. The molecule has 156 valence electrons. The van der Waals surface area contributed by atoms with Crippen LogP contribution in [0.1, 0.15) is 28.9 Å². The van der Waals surface area contributed by atoms with Gasteiger partial charge in [-0.1, -0.05) is 18.2 Å². The van der Waals surface area contributed by atoms with Crippen molar-refractivity contribution in [1.82, 2.24) is 14.7 Å². The molecule has 0 unspecified atom stereocenters. The summed E-state index contributed by atoms with van der Waals surface area (Å²) in [5.41, 5.74) is 4.33. The summed E-state index contributed by atoms with van der Waals surface area (Å²) in [6.07, 6.45) is 3.98. The van der Waals surface area contributed by atoms with E-state index in [1.807, 2.05) is 49.4 Å². The van der Waals surface area contributed by atoms with E-state index in [9.17, 15) is 4.79 Å². The van der Waals surface area contributed by atoms with Crippen molar-refractivity contribution in [3.8, 4) is 5.69 Å². The molecule has 1 saturated heterocycles. The number of para-hydroxylation sites is 1. The molecule has 0 spiro atoms. The van der Waals surface area contributed by atoms with Gasteiger partial charge in [0, 0.05) is 30.5 Å². The van der Waals surface area contributed by atoms with Crippen LogP contribution in [0.5, 0.6) is 0 Å². The van der Waals surface area contributed by atoms with Crippen molar-refractivity contribution in [1.29, 1.82) is 0 Å². The molecular formula is C24H29N5O. The predicted molar refractivity (Wildman–Crippen MR) is 122 cm³/mol. The summed E-state index contributed by atoms with van der Waals surface area (Å²) in [7, 11) is 4.31. The summed E-state index contributed by atoms with van der Waals surface area (Å²) in [4.78, 5) is 17.5. The van der Waals surface area contributed by atoms with Crippen LogP contribution in [0.4, 0.5) is 11.4 Å². The number of benzene rings is 2. The molecule has 2 aromatic carbocycles. The molecule has 0 bridgehead atoms. The molecule has 6 heteroatoms. The maximum Gasteiger partial charge on any atom is 0.259 e. The summed E-state index contributed by atoms with van der Waals surface area (Å²) in [6.45, 7) is 4.04. The summed E-state index contributed by atoms with van der Waals surface area (Å²) in [5.74, 6) is -0.144. The van der Waals surface area contributed by atoms with E-state index in [1.165, 1.54) is 18.5 Å². The number of hydrogen-bond acceptors (Lipinski definition) is 4. The number of piperidine rings is 1. The van der Waals surface area contributed by atoms with E-state index in [1.54, 1.807) is 10.9 Å². The van der Waals surface area contributed by atoms with E-state index in [2.05, 4.69) is 46.4 Å². The number of carbonyl (C=O) groups is 1. The van der Waals surface area contributed by atoms with Crippen molar-refractivity contribution in [2.45, 2.75) is 25.8 Å². The monoisotopic (exact) mass is 403 g/mol. The Hall–Kier alpha value is -3.12. The molecule has 1 fully saturated rings. The number of aromatic nitrogens is 2. The molecule has 0 aliphatic carbocycles. The van der Waals surface area contributed by atoms with Gasteiger partial charge >= 0.3 is 0 Å². The van der Waals surface area contributed by atoms with Crippen molar-refractivity contribution in [3.05, 3.63) is 72.1 Å². The second kappa shape index (κ2) is 8.71. The third kappa shape index (κ3) is 4.24. The molecule has 6 nitrogen and oxygen atoms in total. The lowest BCUT2D eigenvalue weighted by Gasteiger charge is -2.36. The summed E-state index contributed by atoms with van der Waals surface area (Å²) in [6, 6.07) is 18.6. The minimum absolute atomic E-state index is 0.144. The molecule has 1 N–H and O–H groups in total. The van der Waals surface area contributed by atoms with Gasteiger partial charge in [-0.15, -0.1) is 0 Å². The van der Waals surface area contributed by atoms with Gasteiger partial charge in [-0.05, 0) is 70.3 Å². The molecule has 1 amide bonds. The number of hydrogen-bond donors (Lipinski definition) is 1. The highest BCUT2D eigenvalue weighted by Gasteiger charge is 2.21. The van der Waals surface area contributed by atoms with Gasteiger partial charge < -0.3 is 15.1 Å². The van der Waals surface area contributed by atoms with Crippen molar-refractivity contribution in [3.63, 3.8) is 0 Å². The highest BCUT2D eigenvalue weighted by molar-refractivity contribution is 6.05. The molecule has 4 rings (SSSR count). The Morgan fingerprint density at radius 2 is 1.67 bits per heavy atom. The maximum atomic E-state index is 12.8. The van der Waals surface area contributed by atoms with E-state index in [-0.39, 0.29) is 5.91 Å². The molecule has 0 saturated carbocycles. The van der Waals surface area contributed by atoms with Crippen molar-refractivity contribution in [2.75, 3.05) is 37.4 Å². The maximum absolute atomic E-state index is 12.8. The first-order chi connectivity index (χ1) is 14.5. The van der Waals surface area contributed by atoms with Gasteiger partial charge in [0.15, 0.2) is 0 Å². The van der Waals surface area contributed by atoms with Gasteiger partial charge in [0.2, 0.25) is 0 Å². The summed E-state index contributed by atoms with van der Waals surface area (Å²) >= 11 is 0. The van der Waals surface area contributed by atoms with E-state index >= 15 is 0 Å². The number of rotatable bonds is 5. The van der Waals surface area contributed by atoms with Gasteiger partial charge in [0.05, 0.1) is 23.1 Å². The lowest BCUT2D eigenvalue weighted by atomic mass is 10.0. The van der Waals surface area contributed by atoms with Crippen LogP contribution >= 0.6 is 0 Å². The molecule has 30 heavy (non-hydrogen) atoms. The summed E-state index contributed by atoms with van der Waals surface area (Å²) in [5, 5.41) is 7.39. The van der Waals surface area contributed by atoms with Crippen LogP contribution in [0.15, 0.2) is 60.8 Å². The van der Waals surface area contributed by atoms with Gasteiger partial charge in [-0.25, -0.2) is 4.68 Å². The second-order valence-electron chi connectivity index (χ2n) is 8.07. The fourth-order valence-corrected chi connectivity index (χ4v) is 4.06. The van der Waals surface area contributed by atoms with Crippen molar-refractivity contribution in [2.24, 2.45) is 0 Å². The van der Waals surface area contributed by atoms with Crippen LogP contribution in [-0.2, 0) is 0 Å². The van der Waals surface area contributed by atoms with Gasteiger partial charge in [-0.2, -0.15) is 5.10 Å². The minimum Gasteiger partial charge on any atom is -0.371 e. The normalized spacial score (nSPS) is 14.9. The Balaban J connectivity index is 1.41. The Morgan fingerprint density at radius 3 is 2.30 bits per heavy atom. The second-order valence-corrected chi connectivity index (χ2v) is 8.07. The van der Waals surface area contributed by atoms with E-state index in [0.717, 1.165) is 30.2 Å². The third-order valence-corrected chi connectivity index (χ3v) is 5.94. The third-order valence-electron chi connectivity index (χ3n) is 5.94. The average molecular weight is 404 g/mol. The van der Waals surface area contributed by atoms with Crippen molar-refractivity contribution >= 4 is 17.3 Å². The van der Waals surface area contributed by atoms with Gasteiger partial charge in [0.25, 0.3) is 5.91 Å². The summed E-state index contributed by atoms with van der Waals surface area (Å²) < 4.78 is 1.79. The highest BCUT2D eigenvalue weighted by Crippen LogP contribution is 2.24. The molecular weight excluding hydrogens is 374 g/mol. The first kappa shape index (κ1) is 20.2. The quantitative estimate of drug-likeness (QED) is 0.701. The number of amides is 1. The highest BCUT2D eigenvalue weighted by atomic mass is 16.1. The van der Waals surface area contributed by atoms with E-state index in [4.69, 9.17) is 0 Å². The topological polar surface area (TPSA) is 53.4 Å². The molecule has 1 aromatic heterocycles. The Morgan fingerprint density at radius 1 is 1.00 bits per heavy atom. The number of nitrogens with zero attached hydrogens (tertiary/aromatic N) is 4. The largest absolute Gasteiger partial charge is 0.371 e. The van der Waals surface area contributed by atoms with Crippen LogP contribution < -0.4 is 10.2 Å². The van der Waals surface area contributed by atoms with Crippen LogP contribution in [0, 0.1) is 6.92 Å². The Bertz CT molecular complexity index is 986.